The minimum atomic E-state index is 0.0879. The molecule has 0 spiro atoms. The van der Waals surface area contributed by atoms with Crippen molar-refractivity contribution < 1.29 is 4.79 Å². The van der Waals surface area contributed by atoms with Crippen molar-refractivity contribution in [2.45, 2.75) is 0 Å². The second-order valence-electron chi connectivity index (χ2n) is 4.98. The Hall–Kier alpha value is -1.66. The van der Waals surface area contributed by atoms with E-state index >= 15 is 0 Å². The summed E-state index contributed by atoms with van der Waals surface area (Å²) in [5.74, 6) is 0.355. The molecule has 1 amide bonds. The largest absolute Gasteiger partial charge is 0.367 e. The molecule has 2 aliphatic rings. The molecule has 0 unspecified atom stereocenters. The molecule has 2 aliphatic heterocycles. The van der Waals surface area contributed by atoms with E-state index in [9.17, 15) is 4.79 Å². The zero-order valence-electron chi connectivity index (χ0n) is 10.9. The van der Waals surface area contributed by atoms with Crippen LogP contribution in [0.2, 0.25) is 0 Å². The molecule has 2 fully saturated rings. The first-order valence-electron chi connectivity index (χ1n) is 6.74. The summed E-state index contributed by atoms with van der Waals surface area (Å²) in [7, 11) is 0. The number of hydrogen-bond donors (Lipinski definition) is 2. The van der Waals surface area contributed by atoms with Crippen molar-refractivity contribution in [3.05, 3.63) is 24.5 Å². The minimum absolute atomic E-state index is 0.0879. The van der Waals surface area contributed by atoms with E-state index in [1.54, 1.807) is 6.20 Å². The van der Waals surface area contributed by atoms with Gasteiger partial charge >= 0.3 is 0 Å². The van der Waals surface area contributed by atoms with Gasteiger partial charge in [-0.3, -0.25) is 20.6 Å². The van der Waals surface area contributed by atoms with Crippen molar-refractivity contribution in [1.29, 1.82) is 0 Å². The molecule has 0 saturated carbocycles. The number of amides is 1. The number of carbonyl (C=O) groups excluding carboxylic acids is 1. The number of pyridine rings is 1. The maximum Gasteiger partial charge on any atom is 0.228 e. The van der Waals surface area contributed by atoms with Crippen LogP contribution in [0.4, 0.5) is 5.69 Å². The van der Waals surface area contributed by atoms with Gasteiger partial charge in [-0.1, -0.05) is 0 Å². The van der Waals surface area contributed by atoms with Gasteiger partial charge in [-0.25, -0.2) is 0 Å². The maximum absolute atomic E-state index is 12.3. The third kappa shape index (κ3) is 2.69. The predicted octanol–water partition coefficient (Wildman–Crippen LogP) is -0.546. The Kier molecular flexibility index (Phi) is 3.61. The molecule has 6 heteroatoms. The molecule has 0 bridgehead atoms. The summed E-state index contributed by atoms with van der Waals surface area (Å²) in [6.45, 7) is 4.83. The fourth-order valence-electron chi connectivity index (χ4n) is 2.62. The Morgan fingerprint density at radius 3 is 2.58 bits per heavy atom. The van der Waals surface area contributed by atoms with E-state index in [0.29, 0.717) is 0 Å². The van der Waals surface area contributed by atoms with Crippen LogP contribution >= 0.6 is 0 Å². The molecule has 102 valence electrons. The van der Waals surface area contributed by atoms with E-state index in [1.807, 2.05) is 17.2 Å². The summed E-state index contributed by atoms with van der Waals surface area (Å²) < 4.78 is 0. The second-order valence-corrected chi connectivity index (χ2v) is 4.98. The molecule has 2 saturated heterocycles. The normalized spacial score (nSPS) is 20.8. The number of hydrogen-bond acceptors (Lipinski definition) is 5. The number of rotatable bonds is 2. The van der Waals surface area contributed by atoms with Gasteiger partial charge in [0.1, 0.15) is 0 Å². The fraction of sp³-hybridized carbons (Fsp3) is 0.538. The van der Waals surface area contributed by atoms with Gasteiger partial charge in [0.2, 0.25) is 5.91 Å². The highest BCUT2D eigenvalue weighted by Crippen LogP contribution is 2.15. The predicted molar refractivity (Wildman–Crippen MR) is 72.5 cm³/mol. The van der Waals surface area contributed by atoms with E-state index in [4.69, 9.17) is 0 Å². The third-order valence-electron chi connectivity index (χ3n) is 3.77. The third-order valence-corrected chi connectivity index (χ3v) is 3.77. The van der Waals surface area contributed by atoms with E-state index in [0.717, 1.165) is 45.0 Å². The Bertz CT molecular complexity index is 424. The fourth-order valence-corrected chi connectivity index (χ4v) is 2.62. The van der Waals surface area contributed by atoms with E-state index in [1.165, 1.54) is 0 Å². The first-order valence-corrected chi connectivity index (χ1v) is 6.74. The topological polar surface area (TPSA) is 60.5 Å². The molecule has 0 aliphatic carbocycles. The van der Waals surface area contributed by atoms with E-state index in [2.05, 4.69) is 26.8 Å². The van der Waals surface area contributed by atoms with Gasteiger partial charge in [-0.2, -0.15) is 0 Å². The molecule has 0 aromatic carbocycles. The molecule has 3 rings (SSSR count). The number of anilines is 1. The van der Waals surface area contributed by atoms with E-state index in [-0.39, 0.29) is 11.8 Å². The molecule has 1 aromatic heterocycles. The number of carbonyl (C=O) groups is 1. The lowest BCUT2D eigenvalue weighted by Gasteiger charge is -2.36. The van der Waals surface area contributed by atoms with Crippen molar-refractivity contribution in [2.24, 2.45) is 5.92 Å². The highest BCUT2D eigenvalue weighted by molar-refractivity contribution is 5.80. The molecule has 0 radical (unpaired) electrons. The Labute approximate surface area is 112 Å². The van der Waals surface area contributed by atoms with Crippen molar-refractivity contribution in [3.8, 4) is 0 Å². The number of nitrogens with zero attached hydrogens (tertiary/aromatic N) is 3. The molecule has 1 aromatic rings. The van der Waals surface area contributed by atoms with Crippen LogP contribution in [0.25, 0.3) is 0 Å². The van der Waals surface area contributed by atoms with Gasteiger partial charge in [-0.15, -0.1) is 0 Å². The van der Waals surface area contributed by atoms with Crippen molar-refractivity contribution in [3.63, 3.8) is 0 Å². The average Bonchev–Trinajstić information content (AvgIpc) is 3.02. The summed E-state index contributed by atoms with van der Waals surface area (Å²) in [6.07, 6.45) is 3.66. The van der Waals surface area contributed by atoms with E-state index < -0.39 is 0 Å². The number of aromatic nitrogens is 1. The highest BCUT2D eigenvalue weighted by atomic mass is 16.2. The monoisotopic (exact) mass is 261 g/mol. The van der Waals surface area contributed by atoms with Crippen LogP contribution < -0.4 is 15.8 Å². The van der Waals surface area contributed by atoms with Gasteiger partial charge in [0.15, 0.2) is 0 Å². The molecule has 3 heterocycles. The Morgan fingerprint density at radius 2 is 1.95 bits per heavy atom. The second kappa shape index (κ2) is 5.54. The van der Waals surface area contributed by atoms with Crippen molar-refractivity contribution in [1.82, 2.24) is 20.7 Å². The van der Waals surface area contributed by atoms with Crippen LogP contribution in [0.15, 0.2) is 24.5 Å². The molecule has 6 nitrogen and oxygen atoms in total. The van der Waals surface area contributed by atoms with Crippen LogP contribution in [0, 0.1) is 5.92 Å². The molecular weight excluding hydrogens is 242 g/mol. The lowest BCUT2D eigenvalue weighted by atomic mass is 10.1. The number of nitrogens with one attached hydrogen (secondary N) is 2. The van der Waals surface area contributed by atoms with Gasteiger partial charge in [-0.05, 0) is 12.1 Å². The zero-order valence-corrected chi connectivity index (χ0v) is 10.9. The first-order chi connectivity index (χ1) is 9.34. The lowest BCUT2D eigenvalue weighted by molar-refractivity contribution is -0.134. The maximum atomic E-state index is 12.3. The summed E-state index contributed by atoms with van der Waals surface area (Å²) in [5.41, 5.74) is 7.16. The van der Waals surface area contributed by atoms with Crippen LogP contribution in [0.1, 0.15) is 0 Å². The van der Waals surface area contributed by atoms with Gasteiger partial charge in [0, 0.05) is 45.5 Å². The molecular formula is C13H19N5O. The first kappa shape index (κ1) is 12.4. The van der Waals surface area contributed by atoms with Crippen LogP contribution in [-0.2, 0) is 4.79 Å². The molecule has 19 heavy (non-hydrogen) atoms. The summed E-state index contributed by atoms with van der Waals surface area (Å²) in [6, 6.07) is 4.01. The smallest absolute Gasteiger partial charge is 0.228 e. The molecule has 2 N–H and O–H groups in total. The van der Waals surface area contributed by atoms with Gasteiger partial charge < -0.3 is 9.80 Å². The number of hydrazine groups is 1. The van der Waals surface area contributed by atoms with Gasteiger partial charge in [0.05, 0.1) is 17.8 Å². The highest BCUT2D eigenvalue weighted by Gasteiger charge is 2.29. The summed E-state index contributed by atoms with van der Waals surface area (Å²) in [5, 5.41) is 0. The average molecular weight is 261 g/mol. The summed E-state index contributed by atoms with van der Waals surface area (Å²) >= 11 is 0. The van der Waals surface area contributed by atoms with Crippen molar-refractivity contribution in [2.75, 3.05) is 44.2 Å². The Balaban J connectivity index is 1.56. The van der Waals surface area contributed by atoms with Gasteiger partial charge in [0.25, 0.3) is 0 Å². The van der Waals surface area contributed by atoms with Crippen molar-refractivity contribution >= 4 is 11.6 Å². The summed E-state index contributed by atoms with van der Waals surface area (Å²) in [4.78, 5) is 20.7. The van der Waals surface area contributed by atoms with Crippen LogP contribution in [0.5, 0.6) is 0 Å². The SMILES string of the molecule is O=C(C1CNNC1)N1CCN(c2cccnc2)CC1. The molecule has 0 atom stereocenters. The van der Waals surface area contributed by atoms with Crippen LogP contribution in [0.3, 0.4) is 0 Å². The Morgan fingerprint density at radius 1 is 1.21 bits per heavy atom. The minimum Gasteiger partial charge on any atom is -0.367 e. The zero-order chi connectivity index (χ0) is 13.1. The quantitative estimate of drug-likeness (QED) is 0.748. The number of piperazine rings is 1. The van der Waals surface area contributed by atoms with Crippen LogP contribution in [-0.4, -0.2) is 55.1 Å². The lowest BCUT2D eigenvalue weighted by Crippen LogP contribution is -2.51. The standard InChI is InChI=1S/C13H19N5O/c19-13(11-8-15-16-9-11)18-6-4-17(5-7-18)12-2-1-3-14-10-12/h1-3,10-11,15-16H,4-9H2.